The van der Waals surface area contributed by atoms with Crippen LogP contribution in [0.4, 0.5) is 0 Å². The van der Waals surface area contributed by atoms with Gasteiger partial charge in [-0.3, -0.25) is 4.99 Å². The lowest BCUT2D eigenvalue weighted by Gasteiger charge is -2.22. The maximum atomic E-state index is 12.8. The minimum absolute atomic E-state index is 0.264. The van der Waals surface area contributed by atoms with Crippen LogP contribution < -0.4 is 20.1 Å². The van der Waals surface area contributed by atoms with Crippen molar-refractivity contribution in [2.75, 3.05) is 20.7 Å². The van der Waals surface area contributed by atoms with Crippen LogP contribution in [0.3, 0.4) is 0 Å². The molecule has 0 aliphatic rings. The van der Waals surface area contributed by atoms with E-state index in [2.05, 4.69) is 26.4 Å². The van der Waals surface area contributed by atoms with E-state index < -0.39 is 15.6 Å². The molecule has 0 unspecified atom stereocenters. The Balaban J connectivity index is 1.99. The number of guanidine groups is 1. The molecule has 0 spiro atoms. The highest BCUT2D eigenvalue weighted by atomic mass is 32.2. The first-order valence-electron chi connectivity index (χ1n) is 10.3. The zero-order valence-corrected chi connectivity index (χ0v) is 20.1. The summed E-state index contributed by atoms with van der Waals surface area (Å²) in [5, 5.41) is 6.47. The predicted molar refractivity (Wildman–Crippen MR) is 126 cm³/mol. The van der Waals surface area contributed by atoms with Crippen LogP contribution in [0.15, 0.2) is 52.4 Å². The Labute approximate surface area is 186 Å². The molecule has 0 saturated heterocycles. The van der Waals surface area contributed by atoms with E-state index >= 15 is 0 Å². The number of nitrogens with zero attached hydrogens (tertiary/aromatic N) is 1. The van der Waals surface area contributed by atoms with Crippen molar-refractivity contribution in [3.63, 3.8) is 0 Å². The topological polar surface area (TPSA) is 91.8 Å². The molecule has 0 amide bonds. The molecule has 2 aromatic rings. The summed E-state index contributed by atoms with van der Waals surface area (Å²) in [6.07, 6.45) is 0.803. The van der Waals surface area contributed by atoms with Crippen molar-refractivity contribution in [2.45, 2.75) is 51.1 Å². The molecule has 170 valence electrons. The van der Waals surface area contributed by atoms with Gasteiger partial charge in [-0.1, -0.05) is 30.3 Å². The third kappa shape index (κ3) is 7.56. The number of rotatable bonds is 8. The third-order valence-electron chi connectivity index (χ3n) is 4.55. The van der Waals surface area contributed by atoms with Crippen molar-refractivity contribution < 1.29 is 13.2 Å². The Hall–Kier alpha value is -2.58. The highest BCUT2D eigenvalue weighted by Crippen LogP contribution is 2.19. The van der Waals surface area contributed by atoms with E-state index in [1.807, 2.05) is 45.9 Å². The van der Waals surface area contributed by atoms with Gasteiger partial charge in [0.2, 0.25) is 10.0 Å². The first-order chi connectivity index (χ1) is 14.6. The molecule has 2 rings (SSSR count). The number of hydrogen-bond donors (Lipinski definition) is 3. The average Bonchev–Trinajstić information content (AvgIpc) is 2.70. The zero-order chi connectivity index (χ0) is 23.1. The Morgan fingerprint density at radius 2 is 1.81 bits per heavy atom. The van der Waals surface area contributed by atoms with Gasteiger partial charge in [-0.05, 0) is 62.9 Å². The molecule has 0 heterocycles. The fourth-order valence-corrected chi connectivity index (χ4v) is 4.77. The molecule has 8 heteroatoms. The molecule has 0 fully saturated rings. The van der Waals surface area contributed by atoms with Crippen LogP contribution in [0.1, 0.15) is 37.5 Å². The molecule has 31 heavy (non-hydrogen) atoms. The second kappa shape index (κ2) is 10.6. The summed E-state index contributed by atoms with van der Waals surface area (Å²) in [7, 11) is -0.268. The lowest BCUT2D eigenvalue weighted by atomic mass is 10.1. The Morgan fingerprint density at radius 3 is 2.45 bits per heavy atom. The maximum absolute atomic E-state index is 12.8. The standard InChI is InChI=1S/C23H34N4O3S/c1-17-11-12-18(15-20(17)30-6)13-14-25-22(24-5)26-16-19-9-7-8-10-21(19)31(28,29)27-23(2,3)4/h7-12,15,27H,13-14,16H2,1-6H3,(H2,24,25,26). The van der Waals surface area contributed by atoms with Crippen molar-refractivity contribution in [1.82, 2.24) is 15.4 Å². The van der Waals surface area contributed by atoms with E-state index in [0.29, 0.717) is 24.6 Å². The number of hydrogen-bond acceptors (Lipinski definition) is 4. The largest absolute Gasteiger partial charge is 0.496 e. The third-order valence-corrected chi connectivity index (χ3v) is 6.41. The Morgan fingerprint density at radius 1 is 1.10 bits per heavy atom. The lowest BCUT2D eigenvalue weighted by molar-refractivity contribution is 0.411. The highest BCUT2D eigenvalue weighted by Gasteiger charge is 2.24. The van der Waals surface area contributed by atoms with Crippen molar-refractivity contribution in [1.29, 1.82) is 0 Å². The van der Waals surface area contributed by atoms with Gasteiger partial charge in [-0.15, -0.1) is 0 Å². The van der Waals surface area contributed by atoms with E-state index in [1.54, 1.807) is 32.4 Å². The van der Waals surface area contributed by atoms with Gasteiger partial charge in [0.15, 0.2) is 5.96 Å². The van der Waals surface area contributed by atoms with Gasteiger partial charge in [-0.25, -0.2) is 13.1 Å². The van der Waals surface area contributed by atoms with E-state index in [9.17, 15) is 8.42 Å². The van der Waals surface area contributed by atoms with Gasteiger partial charge in [0, 0.05) is 25.7 Å². The van der Waals surface area contributed by atoms with Crippen LogP contribution >= 0.6 is 0 Å². The van der Waals surface area contributed by atoms with Crippen LogP contribution in [0, 0.1) is 6.92 Å². The van der Waals surface area contributed by atoms with E-state index in [1.165, 1.54) is 0 Å². The zero-order valence-electron chi connectivity index (χ0n) is 19.2. The molecule has 0 atom stereocenters. The van der Waals surface area contributed by atoms with Gasteiger partial charge in [0.1, 0.15) is 5.75 Å². The molecule has 0 aliphatic carbocycles. The number of ether oxygens (including phenoxy) is 1. The number of benzene rings is 2. The van der Waals surface area contributed by atoms with Crippen LogP contribution in [-0.2, 0) is 23.0 Å². The maximum Gasteiger partial charge on any atom is 0.241 e. The van der Waals surface area contributed by atoms with Crippen molar-refractivity contribution in [2.24, 2.45) is 4.99 Å². The molecule has 3 N–H and O–H groups in total. The molecule has 0 saturated carbocycles. The molecular weight excluding hydrogens is 412 g/mol. The monoisotopic (exact) mass is 446 g/mol. The van der Waals surface area contributed by atoms with Crippen LogP contribution in [0.5, 0.6) is 5.75 Å². The van der Waals surface area contributed by atoms with E-state index in [0.717, 1.165) is 23.3 Å². The minimum Gasteiger partial charge on any atom is -0.496 e. The lowest BCUT2D eigenvalue weighted by Crippen LogP contribution is -2.41. The van der Waals surface area contributed by atoms with Gasteiger partial charge < -0.3 is 15.4 Å². The Kier molecular flexibility index (Phi) is 8.47. The van der Waals surface area contributed by atoms with Crippen LogP contribution in [-0.4, -0.2) is 40.6 Å². The molecule has 2 aromatic carbocycles. The van der Waals surface area contributed by atoms with Crippen LogP contribution in [0.25, 0.3) is 0 Å². The minimum atomic E-state index is -3.63. The van der Waals surface area contributed by atoms with Crippen molar-refractivity contribution >= 4 is 16.0 Å². The number of aliphatic imine (C=N–C) groups is 1. The molecule has 0 radical (unpaired) electrons. The summed E-state index contributed by atoms with van der Waals surface area (Å²) in [4.78, 5) is 4.50. The summed E-state index contributed by atoms with van der Waals surface area (Å²) in [5.41, 5.74) is 2.38. The summed E-state index contributed by atoms with van der Waals surface area (Å²) in [5.74, 6) is 1.48. The fourth-order valence-electron chi connectivity index (χ4n) is 3.11. The van der Waals surface area contributed by atoms with Crippen molar-refractivity contribution in [3.05, 3.63) is 59.2 Å². The number of methoxy groups -OCH3 is 1. The van der Waals surface area contributed by atoms with Crippen LogP contribution in [0.2, 0.25) is 0 Å². The van der Waals surface area contributed by atoms with E-state index in [-0.39, 0.29) is 4.90 Å². The SMILES string of the molecule is CN=C(NCCc1ccc(C)c(OC)c1)NCc1ccccc1S(=O)(=O)NC(C)(C)C. The van der Waals surface area contributed by atoms with Gasteiger partial charge in [0.25, 0.3) is 0 Å². The fraction of sp³-hybridized carbons (Fsp3) is 0.435. The van der Waals surface area contributed by atoms with E-state index in [4.69, 9.17) is 4.74 Å². The quantitative estimate of drug-likeness (QED) is 0.428. The second-order valence-corrected chi connectivity index (χ2v) is 10.0. The second-order valence-electron chi connectivity index (χ2n) is 8.37. The summed E-state index contributed by atoms with van der Waals surface area (Å²) < 4.78 is 33.7. The smallest absolute Gasteiger partial charge is 0.241 e. The van der Waals surface area contributed by atoms with Gasteiger partial charge in [0.05, 0.1) is 12.0 Å². The molecule has 0 aromatic heterocycles. The average molecular weight is 447 g/mol. The molecule has 7 nitrogen and oxygen atoms in total. The summed E-state index contributed by atoms with van der Waals surface area (Å²) >= 11 is 0. The predicted octanol–water partition coefficient (Wildman–Crippen LogP) is 2.99. The van der Waals surface area contributed by atoms with Crippen molar-refractivity contribution in [3.8, 4) is 5.75 Å². The first-order valence-corrected chi connectivity index (χ1v) is 11.7. The molecule has 0 bridgehead atoms. The summed E-state index contributed by atoms with van der Waals surface area (Å²) in [6.45, 7) is 8.49. The Bertz CT molecular complexity index is 1010. The summed E-state index contributed by atoms with van der Waals surface area (Å²) in [6, 6.07) is 13.1. The van der Waals surface area contributed by atoms with Gasteiger partial charge >= 0.3 is 0 Å². The highest BCUT2D eigenvalue weighted by molar-refractivity contribution is 7.89. The number of nitrogens with one attached hydrogen (secondary N) is 3. The van der Waals surface area contributed by atoms with Gasteiger partial charge in [-0.2, -0.15) is 0 Å². The normalized spacial score (nSPS) is 12.5. The first kappa shape index (κ1) is 24.7. The molecular formula is C23H34N4O3S. The molecule has 0 aliphatic heterocycles. The number of aryl methyl sites for hydroxylation is 1. The number of sulfonamides is 1.